The van der Waals surface area contributed by atoms with E-state index < -0.39 is 6.10 Å². The van der Waals surface area contributed by atoms with Gasteiger partial charge in [0.1, 0.15) is 17.6 Å². The molecular weight excluding hydrogens is 296 g/mol. The van der Waals surface area contributed by atoms with Gasteiger partial charge in [-0.15, -0.1) is 0 Å². The molecule has 1 atom stereocenters. The SMILES string of the molecule is CNC(=O)c1c(C)nc(N)nc1C(C)Oc1ccc(OC)cc1. The predicted molar refractivity (Wildman–Crippen MR) is 86.6 cm³/mol. The Morgan fingerprint density at radius 3 is 2.39 bits per heavy atom. The zero-order valence-electron chi connectivity index (χ0n) is 13.6. The van der Waals surface area contributed by atoms with Gasteiger partial charge in [-0.25, -0.2) is 9.97 Å². The summed E-state index contributed by atoms with van der Waals surface area (Å²) in [5.74, 6) is 1.20. The third-order valence-electron chi connectivity index (χ3n) is 3.35. The normalized spacial score (nSPS) is 11.7. The molecule has 0 spiro atoms. The Kier molecular flexibility index (Phi) is 5.00. The lowest BCUT2D eigenvalue weighted by Gasteiger charge is -2.18. The number of methoxy groups -OCH3 is 1. The molecule has 0 fully saturated rings. The number of aromatic nitrogens is 2. The number of amides is 1. The van der Waals surface area contributed by atoms with E-state index in [-0.39, 0.29) is 11.9 Å². The minimum absolute atomic E-state index is 0.107. The smallest absolute Gasteiger partial charge is 0.254 e. The minimum atomic E-state index is -0.473. The molecule has 2 aromatic rings. The summed E-state index contributed by atoms with van der Waals surface area (Å²) >= 11 is 0. The molecular formula is C16H20N4O3. The average molecular weight is 316 g/mol. The first-order valence-electron chi connectivity index (χ1n) is 7.13. The highest BCUT2D eigenvalue weighted by atomic mass is 16.5. The lowest BCUT2D eigenvalue weighted by molar-refractivity contribution is 0.0956. The van der Waals surface area contributed by atoms with E-state index in [1.54, 1.807) is 52.3 Å². The van der Waals surface area contributed by atoms with Crippen molar-refractivity contribution in [1.82, 2.24) is 15.3 Å². The van der Waals surface area contributed by atoms with E-state index in [0.717, 1.165) is 5.75 Å². The molecule has 122 valence electrons. The van der Waals surface area contributed by atoms with Crippen molar-refractivity contribution >= 4 is 11.9 Å². The number of nitrogens with one attached hydrogen (secondary N) is 1. The Balaban J connectivity index is 2.33. The fraction of sp³-hybridized carbons (Fsp3) is 0.312. The van der Waals surface area contributed by atoms with Crippen LogP contribution in [-0.4, -0.2) is 30.0 Å². The van der Waals surface area contributed by atoms with Crippen molar-refractivity contribution in [3.63, 3.8) is 0 Å². The van der Waals surface area contributed by atoms with Crippen LogP contribution in [0.15, 0.2) is 24.3 Å². The van der Waals surface area contributed by atoms with Gasteiger partial charge in [-0.2, -0.15) is 0 Å². The number of hydrogen-bond donors (Lipinski definition) is 2. The first kappa shape index (κ1) is 16.5. The number of nitrogens with zero attached hydrogens (tertiary/aromatic N) is 2. The van der Waals surface area contributed by atoms with Crippen LogP contribution in [0.2, 0.25) is 0 Å². The third kappa shape index (κ3) is 3.68. The average Bonchev–Trinajstić information content (AvgIpc) is 2.54. The Labute approximate surface area is 134 Å². The molecule has 1 heterocycles. The van der Waals surface area contributed by atoms with Crippen LogP contribution in [-0.2, 0) is 0 Å². The van der Waals surface area contributed by atoms with Gasteiger partial charge in [0.15, 0.2) is 0 Å². The summed E-state index contributed by atoms with van der Waals surface area (Å²) in [6.07, 6.45) is -0.473. The first-order valence-corrected chi connectivity index (χ1v) is 7.13. The van der Waals surface area contributed by atoms with Gasteiger partial charge in [0.2, 0.25) is 5.95 Å². The largest absolute Gasteiger partial charge is 0.497 e. The second-order valence-corrected chi connectivity index (χ2v) is 4.94. The molecule has 0 saturated heterocycles. The van der Waals surface area contributed by atoms with E-state index in [1.807, 2.05) is 0 Å². The van der Waals surface area contributed by atoms with Crippen LogP contribution in [0, 0.1) is 6.92 Å². The van der Waals surface area contributed by atoms with Crippen molar-refractivity contribution in [2.24, 2.45) is 0 Å². The van der Waals surface area contributed by atoms with Gasteiger partial charge >= 0.3 is 0 Å². The van der Waals surface area contributed by atoms with Crippen molar-refractivity contribution in [2.75, 3.05) is 19.9 Å². The second kappa shape index (κ2) is 6.95. The molecule has 3 N–H and O–H groups in total. The molecule has 23 heavy (non-hydrogen) atoms. The van der Waals surface area contributed by atoms with Crippen molar-refractivity contribution in [3.05, 3.63) is 41.2 Å². The lowest BCUT2D eigenvalue weighted by Crippen LogP contribution is -2.24. The molecule has 1 aromatic carbocycles. The molecule has 7 heteroatoms. The van der Waals surface area contributed by atoms with E-state index in [1.165, 1.54) is 0 Å². The molecule has 0 aliphatic heterocycles. The molecule has 1 unspecified atom stereocenters. The van der Waals surface area contributed by atoms with Crippen molar-refractivity contribution in [1.29, 1.82) is 0 Å². The van der Waals surface area contributed by atoms with Crippen molar-refractivity contribution < 1.29 is 14.3 Å². The summed E-state index contributed by atoms with van der Waals surface area (Å²) in [4.78, 5) is 20.3. The van der Waals surface area contributed by atoms with Gasteiger partial charge in [-0.1, -0.05) is 0 Å². The molecule has 0 aliphatic rings. The lowest BCUT2D eigenvalue weighted by atomic mass is 10.1. The predicted octanol–water partition coefficient (Wildman–Crippen LogP) is 1.88. The molecule has 1 amide bonds. The monoisotopic (exact) mass is 316 g/mol. The summed E-state index contributed by atoms with van der Waals surface area (Å²) in [5.41, 5.74) is 7.05. The fourth-order valence-corrected chi connectivity index (χ4v) is 2.23. The Bertz CT molecular complexity index is 701. The number of rotatable bonds is 5. The van der Waals surface area contributed by atoms with Gasteiger partial charge in [0.05, 0.1) is 24.1 Å². The third-order valence-corrected chi connectivity index (χ3v) is 3.35. The Hall–Kier alpha value is -2.83. The van der Waals surface area contributed by atoms with Gasteiger partial charge in [-0.05, 0) is 38.1 Å². The van der Waals surface area contributed by atoms with Crippen molar-refractivity contribution in [3.8, 4) is 11.5 Å². The highest BCUT2D eigenvalue weighted by Gasteiger charge is 2.22. The Morgan fingerprint density at radius 1 is 1.22 bits per heavy atom. The van der Waals surface area contributed by atoms with Gasteiger partial charge in [0, 0.05) is 7.05 Å². The minimum Gasteiger partial charge on any atom is -0.497 e. The van der Waals surface area contributed by atoms with Crippen LogP contribution >= 0.6 is 0 Å². The topological polar surface area (TPSA) is 99.4 Å². The van der Waals surface area contributed by atoms with E-state index in [4.69, 9.17) is 15.2 Å². The number of aryl methyl sites for hydroxylation is 1. The molecule has 0 saturated carbocycles. The van der Waals surface area contributed by atoms with E-state index in [0.29, 0.717) is 22.7 Å². The number of benzene rings is 1. The quantitative estimate of drug-likeness (QED) is 0.873. The molecule has 0 bridgehead atoms. The van der Waals surface area contributed by atoms with Crippen LogP contribution in [0.4, 0.5) is 5.95 Å². The van der Waals surface area contributed by atoms with Gasteiger partial charge < -0.3 is 20.5 Å². The van der Waals surface area contributed by atoms with Crippen molar-refractivity contribution in [2.45, 2.75) is 20.0 Å². The van der Waals surface area contributed by atoms with Crippen LogP contribution in [0.3, 0.4) is 0 Å². The number of nitrogens with two attached hydrogens (primary N) is 1. The van der Waals surface area contributed by atoms with Crippen LogP contribution in [0.25, 0.3) is 0 Å². The number of hydrogen-bond acceptors (Lipinski definition) is 6. The summed E-state index contributed by atoms with van der Waals surface area (Å²) < 4.78 is 11.0. The maximum Gasteiger partial charge on any atom is 0.254 e. The first-order chi connectivity index (χ1) is 11.0. The summed E-state index contributed by atoms with van der Waals surface area (Å²) in [6, 6.07) is 7.15. The van der Waals surface area contributed by atoms with Gasteiger partial charge in [-0.3, -0.25) is 4.79 Å². The number of anilines is 1. The maximum absolute atomic E-state index is 12.1. The van der Waals surface area contributed by atoms with E-state index in [2.05, 4.69) is 15.3 Å². The van der Waals surface area contributed by atoms with E-state index >= 15 is 0 Å². The molecule has 1 aromatic heterocycles. The molecule has 7 nitrogen and oxygen atoms in total. The molecule has 0 aliphatic carbocycles. The molecule has 0 radical (unpaired) electrons. The zero-order valence-corrected chi connectivity index (χ0v) is 13.6. The van der Waals surface area contributed by atoms with Crippen LogP contribution < -0.4 is 20.5 Å². The van der Waals surface area contributed by atoms with Crippen LogP contribution in [0.1, 0.15) is 34.8 Å². The van der Waals surface area contributed by atoms with Crippen LogP contribution in [0.5, 0.6) is 11.5 Å². The fourth-order valence-electron chi connectivity index (χ4n) is 2.23. The summed E-state index contributed by atoms with van der Waals surface area (Å²) in [7, 11) is 3.15. The molecule has 2 rings (SSSR count). The highest BCUT2D eigenvalue weighted by Crippen LogP contribution is 2.26. The number of carbonyl (C=O) groups is 1. The zero-order chi connectivity index (χ0) is 17.0. The van der Waals surface area contributed by atoms with Gasteiger partial charge in [0.25, 0.3) is 5.91 Å². The number of ether oxygens (including phenoxy) is 2. The highest BCUT2D eigenvalue weighted by molar-refractivity contribution is 5.96. The Morgan fingerprint density at radius 2 is 1.83 bits per heavy atom. The standard InChI is InChI=1S/C16H20N4O3/c1-9-13(15(21)18-3)14(20-16(17)19-9)10(2)23-12-7-5-11(22-4)6-8-12/h5-8,10H,1-4H3,(H,18,21)(H2,17,19,20). The van der Waals surface area contributed by atoms with E-state index in [9.17, 15) is 4.79 Å². The summed E-state index contributed by atoms with van der Waals surface area (Å²) in [6.45, 7) is 3.52. The second-order valence-electron chi connectivity index (χ2n) is 4.94. The number of nitrogen functional groups attached to an aromatic ring is 1. The number of carbonyl (C=O) groups excluding carboxylic acids is 1. The summed E-state index contributed by atoms with van der Waals surface area (Å²) in [5, 5.41) is 2.58. The maximum atomic E-state index is 12.1.